The molecule has 0 bridgehead atoms. The molecule has 3 aromatic rings. The zero-order valence-electron chi connectivity index (χ0n) is 11.0. The highest BCUT2D eigenvalue weighted by Crippen LogP contribution is 2.26. The Kier molecular flexibility index (Phi) is 2.99. The number of nitrogens with zero attached hydrogens (tertiary/aromatic N) is 3. The number of imidazole rings is 1. The van der Waals surface area contributed by atoms with Gasteiger partial charge < -0.3 is 4.98 Å². The maximum absolute atomic E-state index is 5.42. The first kappa shape index (κ1) is 12.5. The highest BCUT2D eigenvalue weighted by Gasteiger charge is 2.16. The van der Waals surface area contributed by atoms with Crippen molar-refractivity contribution in [2.75, 3.05) is 0 Å². The zero-order valence-corrected chi connectivity index (χ0v) is 12.6. The number of aromatic amines is 1. The van der Waals surface area contributed by atoms with Crippen LogP contribution in [0.4, 0.5) is 0 Å². The van der Waals surface area contributed by atoms with Crippen LogP contribution >= 0.6 is 23.6 Å². The molecule has 0 aliphatic rings. The molecule has 3 heterocycles. The molecule has 4 nitrogen and oxygen atoms in total. The summed E-state index contributed by atoms with van der Waals surface area (Å²) in [5.74, 6) is 0. The monoisotopic (exact) mass is 290 g/mol. The van der Waals surface area contributed by atoms with Crippen LogP contribution < -0.4 is 0 Å². The average molecular weight is 290 g/mol. The molecule has 98 valence electrons. The third-order valence-corrected chi connectivity index (χ3v) is 4.46. The summed E-state index contributed by atoms with van der Waals surface area (Å²) < 4.78 is 2.72. The average Bonchev–Trinajstić information content (AvgIpc) is 2.91. The van der Waals surface area contributed by atoms with Crippen LogP contribution in [0.1, 0.15) is 28.4 Å². The minimum atomic E-state index is 0.0927. The Morgan fingerprint density at radius 3 is 2.79 bits per heavy atom. The zero-order chi connectivity index (χ0) is 13.6. The van der Waals surface area contributed by atoms with Crippen LogP contribution in [0.15, 0.2) is 18.5 Å². The maximum Gasteiger partial charge on any atom is 0.179 e. The van der Waals surface area contributed by atoms with Crippen LogP contribution in [0.5, 0.6) is 0 Å². The predicted octanol–water partition coefficient (Wildman–Crippen LogP) is 3.78. The summed E-state index contributed by atoms with van der Waals surface area (Å²) in [4.78, 5) is 13.4. The molecule has 0 amide bonds. The molecule has 0 aliphatic heterocycles. The second-order valence-corrected chi connectivity index (χ2v) is 6.32. The van der Waals surface area contributed by atoms with E-state index in [1.807, 2.05) is 23.9 Å². The van der Waals surface area contributed by atoms with Crippen molar-refractivity contribution in [1.82, 2.24) is 19.5 Å². The molecule has 0 aromatic carbocycles. The molecule has 3 rings (SSSR count). The third kappa shape index (κ3) is 2.11. The van der Waals surface area contributed by atoms with Crippen LogP contribution in [-0.4, -0.2) is 19.5 Å². The Bertz CT molecular complexity index is 796. The fraction of sp³-hybridized carbons (Fsp3) is 0.308. The lowest BCUT2D eigenvalue weighted by Gasteiger charge is -2.10. The quantitative estimate of drug-likeness (QED) is 0.731. The van der Waals surface area contributed by atoms with Gasteiger partial charge in [-0.05, 0) is 44.6 Å². The number of hydrogen-bond donors (Lipinski definition) is 1. The van der Waals surface area contributed by atoms with Crippen LogP contribution in [-0.2, 0) is 0 Å². The van der Waals surface area contributed by atoms with E-state index in [2.05, 4.69) is 34.9 Å². The molecule has 19 heavy (non-hydrogen) atoms. The molecular weight excluding hydrogens is 276 g/mol. The van der Waals surface area contributed by atoms with Crippen LogP contribution in [0.2, 0.25) is 0 Å². The van der Waals surface area contributed by atoms with Crippen molar-refractivity contribution in [2.24, 2.45) is 0 Å². The van der Waals surface area contributed by atoms with Crippen molar-refractivity contribution in [1.29, 1.82) is 0 Å². The van der Waals surface area contributed by atoms with E-state index in [4.69, 9.17) is 12.2 Å². The number of rotatable bonds is 2. The van der Waals surface area contributed by atoms with Crippen molar-refractivity contribution >= 4 is 34.7 Å². The Morgan fingerprint density at radius 2 is 2.11 bits per heavy atom. The molecule has 0 spiro atoms. The molecule has 0 fully saturated rings. The van der Waals surface area contributed by atoms with Crippen LogP contribution in [0.3, 0.4) is 0 Å². The minimum Gasteiger partial charge on any atom is -0.329 e. The first-order valence-electron chi connectivity index (χ1n) is 6.05. The number of hydrogen-bond acceptors (Lipinski definition) is 4. The Hall–Kier alpha value is -1.53. The van der Waals surface area contributed by atoms with E-state index in [0.717, 1.165) is 21.7 Å². The van der Waals surface area contributed by atoms with Gasteiger partial charge in [0.1, 0.15) is 5.01 Å². The van der Waals surface area contributed by atoms with Crippen molar-refractivity contribution < 1.29 is 0 Å². The van der Waals surface area contributed by atoms with Gasteiger partial charge in [0.25, 0.3) is 0 Å². The predicted molar refractivity (Wildman–Crippen MR) is 80.3 cm³/mol. The highest BCUT2D eigenvalue weighted by atomic mass is 32.1. The van der Waals surface area contributed by atoms with E-state index in [0.29, 0.717) is 4.77 Å². The molecule has 0 radical (unpaired) electrons. The summed E-state index contributed by atoms with van der Waals surface area (Å²) in [6.07, 6.45) is 3.76. The van der Waals surface area contributed by atoms with E-state index in [1.54, 1.807) is 11.3 Å². The van der Waals surface area contributed by atoms with Gasteiger partial charge >= 0.3 is 0 Å². The SMILES string of the molecule is Cc1cnc2c(c1)[nH]c(=S)n2C(C)c1ncc(C)s1. The minimum absolute atomic E-state index is 0.0927. The fourth-order valence-electron chi connectivity index (χ4n) is 2.15. The lowest BCUT2D eigenvalue weighted by Crippen LogP contribution is -2.07. The first-order chi connectivity index (χ1) is 9.06. The molecule has 3 aromatic heterocycles. The molecule has 1 N–H and O–H groups in total. The lowest BCUT2D eigenvalue weighted by atomic mass is 10.3. The number of aromatic nitrogens is 4. The second kappa shape index (κ2) is 4.54. The summed E-state index contributed by atoms with van der Waals surface area (Å²) >= 11 is 7.12. The number of thiazole rings is 1. The van der Waals surface area contributed by atoms with Crippen molar-refractivity contribution in [2.45, 2.75) is 26.8 Å². The van der Waals surface area contributed by atoms with Gasteiger partial charge in [-0.25, -0.2) is 9.97 Å². The second-order valence-electron chi connectivity index (χ2n) is 4.67. The van der Waals surface area contributed by atoms with Crippen molar-refractivity contribution in [3.05, 3.63) is 38.7 Å². The van der Waals surface area contributed by atoms with Gasteiger partial charge in [-0.15, -0.1) is 11.3 Å². The van der Waals surface area contributed by atoms with Crippen molar-refractivity contribution in [3.8, 4) is 0 Å². The Labute approximate surface area is 120 Å². The smallest absolute Gasteiger partial charge is 0.179 e. The molecule has 1 atom stereocenters. The first-order valence-corrected chi connectivity index (χ1v) is 7.28. The van der Waals surface area contributed by atoms with E-state index in [1.165, 1.54) is 4.88 Å². The molecule has 0 aliphatic carbocycles. The standard InChI is InChI=1S/C13H14N4S2/c1-7-4-10-11(14-5-7)17(13(18)16-10)9(3)12-15-6-8(2)19-12/h4-6,9H,1-3H3,(H,16,18). The summed E-state index contributed by atoms with van der Waals surface area (Å²) in [6.45, 7) is 6.18. The van der Waals surface area contributed by atoms with E-state index < -0.39 is 0 Å². The van der Waals surface area contributed by atoms with E-state index >= 15 is 0 Å². The van der Waals surface area contributed by atoms with Gasteiger partial charge in [-0.1, -0.05) is 0 Å². The highest BCUT2D eigenvalue weighted by molar-refractivity contribution is 7.71. The van der Waals surface area contributed by atoms with Crippen LogP contribution in [0, 0.1) is 18.6 Å². The molecule has 0 saturated heterocycles. The summed E-state index contributed by atoms with van der Waals surface area (Å²) in [5, 5.41) is 1.05. The van der Waals surface area contributed by atoms with Gasteiger partial charge in [0.05, 0.1) is 11.6 Å². The normalized spacial score (nSPS) is 13.0. The molecule has 1 unspecified atom stereocenters. The van der Waals surface area contributed by atoms with Gasteiger partial charge in [-0.2, -0.15) is 0 Å². The summed E-state index contributed by atoms with van der Waals surface area (Å²) in [7, 11) is 0. The van der Waals surface area contributed by atoms with Crippen LogP contribution in [0.25, 0.3) is 11.2 Å². The van der Waals surface area contributed by atoms with Crippen molar-refractivity contribution in [3.63, 3.8) is 0 Å². The van der Waals surface area contributed by atoms with Gasteiger partial charge in [-0.3, -0.25) is 4.57 Å². The Morgan fingerprint density at radius 1 is 1.32 bits per heavy atom. The molecule has 0 saturated carbocycles. The van der Waals surface area contributed by atoms with E-state index in [9.17, 15) is 0 Å². The number of fused-ring (bicyclic) bond motifs is 1. The number of nitrogens with one attached hydrogen (secondary N) is 1. The number of H-pyrrole nitrogens is 1. The maximum atomic E-state index is 5.42. The van der Waals surface area contributed by atoms with Gasteiger partial charge in [0.2, 0.25) is 0 Å². The summed E-state index contributed by atoms with van der Waals surface area (Å²) in [5.41, 5.74) is 2.98. The topological polar surface area (TPSA) is 46.5 Å². The third-order valence-electron chi connectivity index (χ3n) is 3.08. The van der Waals surface area contributed by atoms with Gasteiger partial charge in [0.15, 0.2) is 10.4 Å². The van der Waals surface area contributed by atoms with E-state index in [-0.39, 0.29) is 6.04 Å². The molecular formula is C13H14N4S2. The van der Waals surface area contributed by atoms with Gasteiger partial charge in [0, 0.05) is 17.3 Å². The molecule has 6 heteroatoms. The number of pyridine rings is 1. The largest absolute Gasteiger partial charge is 0.329 e. The Balaban J connectivity index is 2.19. The number of aryl methyl sites for hydroxylation is 2. The fourth-order valence-corrected chi connectivity index (χ4v) is 3.32. The lowest BCUT2D eigenvalue weighted by molar-refractivity contribution is 0.639. The summed E-state index contributed by atoms with van der Waals surface area (Å²) in [6, 6.07) is 2.16.